The third kappa shape index (κ3) is 3.32. The van der Waals surface area contributed by atoms with Crippen LogP contribution in [-0.2, 0) is 4.79 Å². The predicted octanol–water partition coefficient (Wildman–Crippen LogP) is 2.39. The summed E-state index contributed by atoms with van der Waals surface area (Å²) in [5, 5.41) is 3.42. The van der Waals surface area contributed by atoms with Crippen molar-refractivity contribution in [2.24, 2.45) is 0 Å². The van der Waals surface area contributed by atoms with Gasteiger partial charge in [0.2, 0.25) is 5.91 Å². The average Bonchev–Trinajstić information content (AvgIpc) is 2.89. The minimum Gasteiger partial charge on any atom is -0.358 e. The summed E-state index contributed by atoms with van der Waals surface area (Å²) in [6, 6.07) is 4.61. The summed E-state index contributed by atoms with van der Waals surface area (Å²) in [6.07, 6.45) is 1.71. The third-order valence-electron chi connectivity index (χ3n) is 3.50. The molecule has 1 heterocycles. The van der Waals surface area contributed by atoms with Crippen LogP contribution in [0, 0.1) is 0 Å². The van der Waals surface area contributed by atoms with E-state index in [2.05, 4.69) is 5.32 Å². The van der Waals surface area contributed by atoms with Crippen LogP contribution in [0.3, 0.4) is 0 Å². The van der Waals surface area contributed by atoms with Crippen LogP contribution < -0.4 is 5.32 Å². The molecule has 108 valence electrons. The Morgan fingerprint density at radius 1 is 1.35 bits per heavy atom. The van der Waals surface area contributed by atoms with Crippen LogP contribution in [0.1, 0.15) is 23.2 Å². The summed E-state index contributed by atoms with van der Waals surface area (Å²) in [5.41, 5.74) is 0.516. The second-order valence-electron chi connectivity index (χ2n) is 4.79. The molecule has 6 heteroatoms. The maximum Gasteiger partial charge on any atom is 0.237 e. The Morgan fingerprint density at radius 2 is 2.10 bits per heavy atom. The number of likely N-dealkylation sites (tertiary alicyclic amines) is 1. The van der Waals surface area contributed by atoms with Crippen molar-refractivity contribution < 1.29 is 9.59 Å². The number of amides is 1. The van der Waals surface area contributed by atoms with E-state index >= 15 is 0 Å². The summed E-state index contributed by atoms with van der Waals surface area (Å²) in [6.45, 7) is 0.973. The van der Waals surface area contributed by atoms with Crippen molar-refractivity contribution in [2.75, 3.05) is 20.1 Å². The second kappa shape index (κ2) is 6.57. The van der Waals surface area contributed by atoms with Gasteiger partial charge < -0.3 is 5.32 Å². The van der Waals surface area contributed by atoms with Crippen molar-refractivity contribution >= 4 is 34.9 Å². The number of likely N-dealkylation sites (N-methyl/N-ethyl adjacent to an activating group) is 1. The first-order valence-corrected chi connectivity index (χ1v) is 7.22. The highest BCUT2D eigenvalue weighted by Gasteiger charge is 2.31. The van der Waals surface area contributed by atoms with Crippen molar-refractivity contribution in [2.45, 2.75) is 18.9 Å². The average molecular weight is 315 g/mol. The van der Waals surface area contributed by atoms with Crippen LogP contribution in [0.2, 0.25) is 10.0 Å². The van der Waals surface area contributed by atoms with Crippen molar-refractivity contribution in [3.63, 3.8) is 0 Å². The number of halogens is 2. The van der Waals surface area contributed by atoms with Gasteiger partial charge in [0, 0.05) is 12.6 Å². The molecule has 1 fully saturated rings. The van der Waals surface area contributed by atoms with Crippen LogP contribution in [0.4, 0.5) is 0 Å². The number of ketones is 1. The number of nitrogens with one attached hydrogen (secondary N) is 1. The molecule has 0 saturated carbocycles. The van der Waals surface area contributed by atoms with E-state index < -0.39 is 0 Å². The largest absolute Gasteiger partial charge is 0.358 e. The Kier molecular flexibility index (Phi) is 5.02. The quantitative estimate of drug-likeness (QED) is 0.868. The molecule has 2 rings (SSSR count). The molecule has 0 radical (unpaired) electrons. The lowest BCUT2D eigenvalue weighted by Gasteiger charge is -2.22. The van der Waals surface area contributed by atoms with E-state index in [0.717, 1.165) is 19.4 Å². The molecule has 0 aromatic heterocycles. The second-order valence-corrected chi connectivity index (χ2v) is 5.61. The van der Waals surface area contributed by atoms with Crippen molar-refractivity contribution in [1.29, 1.82) is 0 Å². The zero-order valence-corrected chi connectivity index (χ0v) is 12.7. The van der Waals surface area contributed by atoms with E-state index in [-0.39, 0.29) is 24.3 Å². The predicted molar refractivity (Wildman–Crippen MR) is 79.5 cm³/mol. The van der Waals surface area contributed by atoms with E-state index in [1.165, 1.54) is 0 Å². The zero-order chi connectivity index (χ0) is 14.7. The number of benzene rings is 1. The number of nitrogens with zero attached hydrogens (tertiary/aromatic N) is 1. The molecule has 1 amide bonds. The van der Waals surface area contributed by atoms with Gasteiger partial charge in [0.15, 0.2) is 5.78 Å². The molecule has 1 unspecified atom stereocenters. The lowest BCUT2D eigenvalue weighted by molar-refractivity contribution is -0.124. The van der Waals surface area contributed by atoms with Gasteiger partial charge in [0.25, 0.3) is 0 Å². The van der Waals surface area contributed by atoms with Gasteiger partial charge in [0.05, 0.1) is 22.6 Å². The van der Waals surface area contributed by atoms with E-state index in [1.807, 2.05) is 4.90 Å². The fourth-order valence-corrected chi connectivity index (χ4v) is 2.72. The maximum absolute atomic E-state index is 12.2. The van der Waals surface area contributed by atoms with Crippen molar-refractivity contribution in [3.05, 3.63) is 33.8 Å². The normalized spacial score (nSPS) is 19.1. The summed E-state index contributed by atoms with van der Waals surface area (Å²) < 4.78 is 0. The number of carbonyl (C=O) groups excluding carboxylic acids is 2. The highest BCUT2D eigenvalue weighted by Crippen LogP contribution is 2.24. The zero-order valence-electron chi connectivity index (χ0n) is 11.2. The van der Waals surface area contributed by atoms with Gasteiger partial charge in [0.1, 0.15) is 0 Å². The van der Waals surface area contributed by atoms with Gasteiger partial charge in [-0.2, -0.15) is 0 Å². The fourth-order valence-electron chi connectivity index (χ4n) is 2.42. The van der Waals surface area contributed by atoms with E-state index in [9.17, 15) is 9.59 Å². The first-order chi connectivity index (χ1) is 9.52. The molecule has 0 spiro atoms. The number of carbonyl (C=O) groups is 2. The number of Topliss-reactive ketones (excluding diaryl/α,β-unsaturated/α-hetero) is 1. The lowest BCUT2D eigenvalue weighted by atomic mass is 10.1. The van der Waals surface area contributed by atoms with E-state index in [0.29, 0.717) is 15.6 Å². The van der Waals surface area contributed by atoms with E-state index in [1.54, 1.807) is 25.2 Å². The summed E-state index contributed by atoms with van der Waals surface area (Å²) >= 11 is 11.7. The molecule has 4 nitrogen and oxygen atoms in total. The number of rotatable bonds is 4. The Morgan fingerprint density at radius 3 is 2.75 bits per heavy atom. The van der Waals surface area contributed by atoms with Crippen molar-refractivity contribution in [3.8, 4) is 0 Å². The first-order valence-electron chi connectivity index (χ1n) is 6.47. The molecule has 1 aliphatic heterocycles. The van der Waals surface area contributed by atoms with Crippen molar-refractivity contribution in [1.82, 2.24) is 10.2 Å². The minimum atomic E-state index is -0.216. The molecule has 1 atom stereocenters. The van der Waals surface area contributed by atoms with Crippen LogP contribution in [0.25, 0.3) is 0 Å². The topological polar surface area (TPSA) is 49.4 Å². The Labute approximate surface area is 128 Å². The fraction of sp³-hybridized carbons (Fsp3) is 0.429. The summed E-state index contributed by atoms with van der Waals surface area (Å²) in [5.74, 6) is -0.0937. The highest BCUT2D eigenvalue weighted by atomic mass is 35.5. The minimum absolute atomic E-state index is 0.0376. The first kappa shape index (κ1) is 15.3. The van der Waals surface area contributed by atoms with Crippen LogP contribution in [0.15, 0.2) is 18.2 Å². The molecule has 1 aromatic rings. The molecule has 0 bridgehead atoms. The van der Waals surface area contributed by atoms with Gasteiger partial charge >= 0.3 is 0 Å². The molecular weight excluding hydrogens is 299 g/mol. The maximum atomic E-state index is 12.2. The van der Waals surface area contributed by atoms with Crippen LogP contribution in [0.5, 0.6) is 0 Å². The molecule has 20 heavy (non-hydrogen) atoms. The van der Waals surface area contributed by atoms with E-state index in [4.69, 9.17) is 23.2 Å². The Hall–Kier alpha value is -1.10. The summed E-state index contributed by atoms with van der Waals surface area (Å²) in [7, 11) is 1.61. The monoisotopic (exact) mass is 314 g/mol. The molecule has 0 aliphatic carbocycles. The number of hydrogen-bond donors (Lipinski definition) is 1. The molecular formula is C14H16Cl2N2O2. The van der Waals surface area contributed by atoms with Crippen LogP contribution >= 0.6 is 23.2 Å². The summed E-state index contributed by atoms with van der Waals surface area (Å²) in [4.78, 5) is 25.9. The standard InChI is InChI=1S/C14H16Cl2N2O2/c1-17-14(20)12-3-2-6-18(12)8-13(19)9-4-5-10(15)11(16)7-9/h4-5,7,12H,2-3,6,8H2,1H3,(H,17,20). The highest BCUT2D eigenvalue weighted by molar-refractivity contribution is 6.42. The molecule has 1 saturated heterocycles. The Bertz CT molecular complexity index is 534. The van der Waals surface area contributed by atoms with Gasteiger partial charge in [-0.05, 0) is 37.6 Å². The molecule has 1 aliphatic rings. The molecule has 1 aromatic carbocycles. The smallest absolute Gasteiger partial charge is 0.237 e. The number of hydrogen-bond acceptors (Lipinski definition) is 3. The van der Waals surface area contributed by atoms with Gasteiger partial charge in [-0.25, -0.2) is 0 Å². The third-order valence-corrected chi connectivity index (χ3v) is 4.24. The SMILES string of the molecule is CNC(=O)C1CCCN1CC(=O)c1ccc(Cl)c(Cl)c1. The van der Waals surface area contributed by atoms with Gasteiger partial charge in [-0.15, -0.1) is 0 Å². The van der Waals surface area contributed by atoms with Crippen LogP contribution in [-0.4, -0.2) is 42.8 Å². The van der Waals surface area contributed by atoms with Gasteiger partial charge in [-0.3, -0.25) is 14.5 Å². The molecule has 1 N–H and O–H groups in total. The lowest BCUT2D eigenvalue weighted by Crippen LogP contribution is -2.44. The Balaban J connectivity index is 2.07. The van der Waals surface area contributed by atoms with Gasteiger partial charge in [-0.1, -0.05) is 23.2 Å².